The minimum absolute atomic E-state index is 0.236. The van der Waals surface area contributed by atoms with Crippen molar-refractivity contribution >= 4 is 0 Å². The minimum Gasteiger partial charge on any atom is -0.444 e. The molecule has 0 amide bonds. The highest BCUT2D eigenvalue weighted by Crippen LogP contribution is 2.57. The van der Waals surface area contributed by atoms with E-state index in [1.807, 2.05) is 6.20 Å². The van der Waals surface area contributed by atoms with Gasteiger partial charge in [0, 0.05) is 5.92 Å². The molecule has 0 aliphatic heterocycles. The van der Waals surface area contributed by atoms with E-state index in [9.17, 15) is 0 Å². The number of rotatable bonds is 5. The van der Waals surface area contributed by atoms with Gasteiger partial charge in [-0.05, 0) is 51.0 Å². The summed E-state index contributed by atoms with van der Waals surface area (Å²) in [5, 5.41) is 3.41. The van der Waals surface area contributed by atoms with E-state index >= 15 is 0 Å². The van der Waals surface area contributed by atoms with Crippen LogP contribution in [0, 0.1) is 11.8 Å². The van der Waals surface area contributed by atoms with E-state index in [-0.39, 0.29) is 6.04 Å². The third kappa shape index (κ3) is 2.25. The molecule has 0 spiro atoms. The number of oxazole rings is 1. The second kappa shape index (κ2) is 4.45. The van der Waals surface area contributed by atoms with E-state index in [1.165, 1.54) is 19.3 Å². The summed E-state index contributed by atoms with van der Waals surface area (Å²) >= 11 is 0. The highest BCUT2D eigenvalue weighted by atomic mass is 16.4. The van der Waals surface area contributed by atoms with Crippen LogP contribution >= 0.6 is 0 Å². The van der Waals surface area contributed by atoms with Crippen LogP contribution in [-0.4, -0.2) is 11.5 Å². The Kier molecular flexibility index (Phi) is 2.95. The first-order valence-corrected chi connectivity index (χ1v) is 6.97. The van der Waals surface area contributed by atoms with Gasteiger partial charge in [0.1, 0.15) is 5.76 Å². The lowest BCUT2D eigenvalue weighted by atomic mass is 10.0. The second-order valence-electron chi connectivity index (χ2n) is 5.70. The topological polar surface area (TPSA) is 38.1 Å². The molecule has 94 valence electrons. The van der Waals surface area contributed by atoms with Crippen molar-refractivity contribution in [1.29, 1.82) is 0 Å². The van der Waals surface area contributed by atoms with Gasteiger partial charge in [-0.1, -0.05) is 6.92 Å². The molecule has 3 heteroatoms. The molecule has 1 aromatic rings. The average Bonchev–Trinajstić information content (AvgIpc) is 2.82. The number of nitrogens with zero attached hydrogens (tertiary/aromatic N) is 1. The van der Waals surface area contributed by atoms with Crippen LogP contribution < -0.4 is 5.32 Å². The standard InChI is InChI=1S/C14H22N2O/c1-3-4-15-9(2)14-16-8-13(17-14)12-6-10-5-11(10)7-12/h8-12,15H,3-7H2,1-2H3. The van der Waals surface area contributed by atoms with Crippen LogP contribution in [0.25, 0.3) is 0 Å². The number of fused-ring (bicyclic) bond motifs is 1. The van der Waals surface area contributed by atoms with E-state index < -0.39 is 0 Å². The maximum absolute atomic E-state index is 5.92. The van der Waals surface area contributed by atoms with E-state index in [2.05, 4.69) is 24.1 Å². The molecule has 1 heterocycles. The molecule has 3 atom stereocenters. The predicted octanol–water partition coefficient (Wildman–Crippen LogP) is 3.25. The molecule has 3 unspecified atom stereocenters. The predicted molar refractivity (Wildman–Crippen MR) is 66.8 cm³/mol. The molecule has 17 heavy (non-hydrogen) atoms. The van der Waals surface area contributed by atoms with E-state index in [4.69, 9.17) is 4.42 Å². The molecule has 0 bridgehead atoms. The molecule has 1 N–H and O–H groups in total. The first-order valence-electron chi connectivity index (χ1n) is 6.97. The van der Waals surface area contributed by atoms with Crippen molar-refractivity contribution in [2.24, 2.45) is 11.8 Å². The van der Waals surface area contributed by atoms with Crippen molar-refractivity contribution < 1.29 is 4.42 Å². The van der Waals surface area contributed by atoms with Crippen molar-refractivity contribution in [3.8, 4) is 0 Å². The first-order chi connectivity index (χ1) is 8.28. The maximum Gasteiger partial charge on any atom is 0.211 e. The summed E-state index contributed by atoms with van der Waals surface area (Å²) < 4.78 is 5.92. The molecule has 2 aliphatic rings. The van der Waals surface area contributed by atoms with E-state index in [0.717, 1.165) is 36.5 Å². The maximum atomic E-state index is 5.92. The van der Waals surface area contributed by atoms with Crippen LogP contribution in [0.1, 0.15) is 63.1 Å². The van der Waals surface area contributed by atoms with Gasteiger partial charge in [-0.3, -0.25) is 0 Å². The Morgan fingerprint density at radius 3 is 2.88 bits per heavy atom. The summed E-state index contributed by atoms with van der Waals surface area (Å²) in [4.78, 5) is 4.42. The summed E-state index contributed by atoms with van der Waals surface area (Å²) in [6.45, 7) is 5.31. The third-order valence-corrected chi connectivity index (χ3v) is 4.26. The van der Waals surface area contributed by atoms with Crippen LogP contribution in [0.3, 0.4) is 0 Å². The minimum atomic E-state index is 0.236. The van der Waals surface area contributed by atoms with Crippen LogP contribution in [0.2, 0.25) is 0 Å². The fourth-order valence-electron chi connectivity index (χ4n) is 3.08. The van der Waals surface area contributed by atoms with Gasteiger partial charge < -0.3 is 9.73 Å². The van der Waals surface area contributed by atoms with Crippen LogP contribution in [0.5, 0.6) is 0 Å². The fraction of sp³-hybridized carbons (Fsp3) is 0.786. The highest BCUT2D eigenvalue weighted by molar-refractivity contribution is 5.11. The summed E-state index contributed by atoms with van der Waals surface area (Å²) in [6, 6.07) is 0.236. The Bertz CT molecular complexity index is 377. The van der Waals surface area contributed by atoms with Crippen LogP contribution in [0.15, 0.2) is 10.6 Å². The molecule has 2 fully saturated rings. The average molecular weight is 234 g/mol. The second-order valence-corrected chi connectivity index (χ2v) is 5.70. The van der Waals surface area contributed by atoms with Gasteiger partial charge in [-0.25, -0.2) is 4.98 Å². The third-order valence-electron chi connectivity index (χ3n) is 4.26. The SMILES string of the molecule is CCCNC(C)c1ncc(C2CC3CC3C2)o1. The lowest BCUT2D eigenvalue weighted by molar-refractivity contribution is 0.371. The lowest BCUT2D eigenvalue weighted by Gasteiger charge is -2.10. The van der Waals surface area contributed by atoms with Gasteiger partial charge in [0.25, 0.3) is 0 Å². The molecule has 3 rings (SSSR count). The summed E-state index contributed by atoms with van der Waals surface area (Å²) in [7, 11) is 0. The first kappa shape index (κ1) is 11.3. The largest absolute Gasteiger partial charge is 0.444 e. The monoisotopic (exact) mass is 234 g/mol. The Morgan fingerprint density at radius 2 is 2.18 bits per heavy atom. The van der Waals surface area contributed by atoms with Gasteiger partial charge in [0.15, 0.2) is 0 Å². The molecule has 1 aromatic heterocycles. The van der Waals surface area contributed by atoms with Crippen molar-refractivity contribution in [2.75, 3.05) is 6.54 Å². The molecular formula is C14H22N2O. The zero-order valence-corrected chi connectivity index (χ0v) is 10.8. The number of aromatic nitrogens is 1. The van der Waals surface area contributed by atoms with E-state index in [0.29, 0.717) is 5.92 Å². The Hall–Kier alpha value is -0.830. The van der Waals surface area contributed by atoms with Gasteiger partial charge in [-0.15, -0.1) is 0 Å². The zero-order valence-electron chi connectivity index (χ0n) is 10.8. The van der Waals surface area contributed by atoms with E-state index in [1.54, 1.807) is 0 Å². The van der Waals surface area contributed by atoms with Gasteiger partial charge in [0.05, 0.1) is 12.2 Å². The Labute approximate surface area is 103 Å². The van der Waals surface area contributed by atoms with Crippen LogP contribution in [-0.2, 0) is 0 Å². The molecule has 0 radical (unpaired) electrons. The Balaban J connectivity index is 1.61. The quantitative estimate of drug-likeness (QED) is 0.850. The van der Waals surface area contributed by atoms with Crippen molar-refractivity contribution in [2.45, 2.75) is 51.5 Å². The Morgan fingerprint density at radius 1 is 1.41 bits per heavy atom. The molecule has 0 aromatic carbocycles. The van der Waals surface area contributed by atoms with Crippen molar-refractivity contribution in [3.63, 3.8) is 0 Å². The van der Waals surface area contributed by atoms with Crippen molar-refractivity contribution in [3.05, 3.63) is 17.8 Å². The molecule has 2 saturated carbocycles. The van der Waals surface area contributed by atoms with Crippen molar-refractivity contribution in [1.82, 2.24) is 10.3 Å². The van der Waals surface area contributed by atoms with Gasteiger partial charge >= 0.3 is 0 Å². The lowest BCUT2D eigenvalue weighted by Crippen LogP contribution is -2.19. The number of hydrogen-bond donors (Lipinski definition) is 1. The summed E-state index contributed by atoms with van der Waals surface area (Å²) in [5.74, 6) is 4.64. The normalized spacial score (nSPS) is 32.5. The van der Waals surface area contributed by atoms with Gasteiger partial charge in [-0.2, -0.15) is 0 Å². The van der Waals surface area contributed by atoms with Crippen LogP contribution in [0.4, 0.5) is 0 Å². The molecular weight excluding hydrogens is 212 g/mol. The smallest absolute Gasteiger partial charge is 0.211 e. The zero-order chi connectivity index (χ0) is 11.8. The number of nitrogens with one attached hydrogen (secondary N) is 1. The fourth-order valence-corrected chi connectivity index (χ4v) is 3.08. The highest BCUT2D eigenvalue weighted by Gasteiger charge is 2.47. The molecule has 0 saturated heterocycles. The molecule has 2 aliphatic carbocycles. The molecule has 3 nitrogen and oxygen atoms in total. The summed E-state index contributed by atoms with van der Waals surface area (Å²) in [5.41, 5.74) is 0. The van der Waals surface area contributed by atoms with Gasteiger partial charge in [0.2, 0.25) is 5.89 Å². The number of hydrogen-bond acceptors (Lipinski definition) is 3. The summed E-state index contributed by atoms with van der Waals surface area (Å²) in [6.07, 6.45) is 7.22.